The lowest BCUT2D eigenvalue weighted by Crippen LogP contribution is -2.38. The highest BCUT2D eigenvalue weighted by Crippen LogP contribution is 2.00. The largest absolute Gasteiger partial charge is 0.480 e. The first-order valence-electron chi connectivity index (χ1n) is 5.17. The van der Waals surface area contributed by atoms with Gasteiger partial charge in [-0.05, 0) is 0 Å². The van der Waals surface area contributed by atoms with Crippen molar-refractivity contribution in [3.05, 3.63) is 36.4 Å². The Labute approximate surface area is 97.3 Å². The Morgan fingerprint density at radius 3 is 3.00 bits per heavy atom. The second kappa shape index (κ2) is 5.26. The summed E-state index contributed by atoms with van der Waals surface area (Å²) in [5, 5.41) is 12.0. The van der Waals surface area contributed by atoms with Crippen LogP contribution in [0.15, 0.2) is 24.9 Å². The number of rotatable bonds is 6. The average molecular weight is 235 g/mol. The van der Waals surface area contributed by atoms with Crippen molar-refractivity contribution >= 4 is 5.97 Å². The lowest BCUT2D eigenvalue weighted by Gasteiger charge is -2.12. The van der Waals surface area contributed by atoms with E-state index in [0.29, 0.717) is 18.8 Å². The van der Waals surface area contributed by atoms with Crippen LogP contribution < -0.4 is 5.32 Å². The van der Waals surface area contributed by atoms with Gasteiger partial charge in [0, 0.05) is 30.7 Å². The van der Waals surface area contributed by atoms with E-state index < -0.39 is 12.0 Å². The number of hydrogen-bond acceptors (Lipinski definition) is 4. The van der Waals surface area contributed by atoms with Gasteiger partial charge in [0.25, 0.3) is 0 Å². The van der Waals surface area contributed by atoms with Gasteiger partial charge < -0.3 is 15.1 Å². The molecule has 0 bridgehead atoms. The smallest absolute Gasteiger partial charge is 0.321 e. The molecule has 4 N–H and O–H groups in total. The average Bonchev–Trinajstić information content (AvgIpc) is 2.97. The number of aromatic amines is 2. The monoisotopic (exact) mass is 235 g/mol. The van der Waals surface area contributed by atoms with Crippen molar-refractivity contribution < 1.29 is 9.90 Å². The van der Waals surface area contributed by atoms with Crippen molar-refractivity contribution in [1.82, 2.24) is 25.3 Å². The van der Waals surface area contributed by atoms with Gasteiger partial charge in [0.15, 0.2) is 0 Å². The topological polar surface area (TPSA) is 107 Å². The summed E-state index contributed by atoms with van der Waals surface area (Å²) in [4.78, 5) is 24.7. The number of carboxylic acid groups (broad SMARTS) is 1. The molecule has 7 nitrogen and oxygen atoms in total. The van der Waals surface area contributed by atoms with Gasteiger partial charge in [-0.2, -0.15) is 0 Å². The van der Waals surface area contributed by atoms with Crippen molar-refractivity contribution in [3.63, 3.8) is 0 Å². The summed E-state index contributed by atoms with van der Waals surface area (Å²) in [5.41, 5.74) is 0.782. The summed E-state index contributed by atoms with van der Waals surface area (Å²) < 4.78 is 0. The number of carbonyl (C=O) groups is 1. The Balaban J connectivity index is 1.91. The molecule has 0 aromatic carbocycles. The highest BCUT2D eigenvalue weighted by Gasteiger charge is 2.18. The minimum atomic E-state index is -0.897. The van der Waals surface area contributed by atoms with Crippen LogP contribution in [0.25, 0.3) is 0 Å². The number of aromatic nitrogens is 4. The number of nitrogens with zero attached hydrogens (tertiary/aromatic N) is 2. The summed E-state index contributed by atoms with van der Waals surface area (Å²) in [6.07, 6.45) is 6.82. The predicted molar refractivity (Wildman–Crippen MR) is 59.1 cm³/mol. The minimum Gasteiger partial charge on any atom is -0.480 e. The molecule has 0 aliphatic rings. The van der Waals surface area contributed by atoms with E-state index in [0.717, 1.165) is 5.69 Å². The van der Waals surface area contributed by atoms with Gasteiger partial charge >= 0.3 is 5.97 Å². The van der Waals surface area contributed by atoms with Crippen molar-refractivity contribution in [2.24, 2.45) is 0 Å². The van der Waals surface area contributed by atoms with Crippen LogP contribution in [0.3, 0.4) is 0 Å². The molecule has 0 aliphatic heterocycles. The van der Waals surface area contributed by atoms with Gasteiger partial charge in [-0.1, -0.05) is 0 Å². The third kappa shape index (κ3) is 3.15. The molecule has 0 saturated carbocycles. The van der Waals surface area contributed by atoms with E-state index >= 15 is 0 Å². The standard InChI is InChI=1S/C10H13N5O2/c16-10(17)8(3-7-4-11-6-15-7)14-5-9-12-1-2-13-9/h1-2,4,6,8,14H,3,5H2,(H,11,15)(H,12,13)(H,16,17)/t8-/m0/s1. The first kappa shape index (κ1) is 11.3. The second-order valence-corrected chi connectivity index (χ2v) is 3.59. The molecule has 7 heteroatoms. The molecule has 0 unspecified atom stereocenters. The third-order valence-corrected chi connectivity index (χ3v) is 2.35. The molecule has 1 atom stereocenters. The fraction of sp³-hybridized carbons (Fsp3) is 0.300. The van der Waals surface area contributed by atoms with Gasteiger partial charge in [0.05, 0.1) is 12.9 Å². The second-order valence-electron chi connectivity index (χ2n) is 3.59. The number of carboxylic acids is 1. The lowest BCUT2D eigenvalue weighted by atomic mass is 10.1. The van der Waals surface area contributed by atoms with Crippen LogP contribution in [0, 0.1) is 0 Å². The number of nitrogens with one attached hydrogen (secondary N) is 3. The zero-order valence-corrected chi connectivity index (χ0v) is 9.05. The van der Waals surface area contributed by atoms with Crippen molar-refractivity contribution in [2.75, 3.05) is 0 Å². The summed E-state index contributed by atoms with van der Waals surface area (Å²) in [6, 6.07) is -0.666. The Bertz CT molecular complexity index is 451. The number of H-pyrrole nitrogens is 2. The van der Waals surface area contributed by atoms with E-state index in [1.165, 1.54) is 6.33 Å². The fourth-order valence-electron chi connectivity index (χ4n) is 1.48. The number of hydrogen-bond donors (Lipinski definition) is 4. The van der Waals surface area contributed by atoms with E-state index in [1.54, 1.807) is 18.6 Å². The lowest BCUT2D eigenvalue weighted by molar-refractivity contribution is -0.139. The Morgan fingerprint density at radius 2 is 2.41 bits per heavy atom. The van der Waals surface area contributed by atoms with Gasteiger partial charge in [-0.3, -0.25) is 10.1 Å². The molecule has 0 fully saturated rings. The quantitative estimate of drug-likeness (QED) is 0.560. The molecule has 0 spiro atoms. The highest BCUT2D eigenvalue weighted by atomic mass is 16.4. The van der Waals surface area contributed by atoms with E-state index in [4.69, 9.17) is 5.11 Å². The zero-order chi connectivity index (χ0) is 12.1. The number of aliphatic carboxylic acids is 1. The van der Waals surface area contributed by atoms with E-state index in [1.807, 2.05) is 0 Å². The Kier molecular flexibility index (Phi) is 3.51. The van der Waals surface area contributed by atoms with Crippen LogP contribution >= 0.6 is 0 Å². The van der Waals surface area contributed by atoms with Gasteiger partial charge in [-0.15, -0.1) is 0 Å². The third-order valence-electron chi connectivity index (χ3n) is 2.35. The molecule has 90 valence electrons. The predicted octanol–water partition coefficient (Wildman–Crippen LogP) is -0.0817. The normalized spacial score (nSPS) is 12.5. The highest BCUT2D eigenvalue weighted by molar-refractivity contribution is 5.73. The van der Waals surface area contributed by atoms with Gasteiger partial charge in [-0.25, -0.2) is 9.97 Å². The van der Waals surface area contributed by atoms with Crippen LogP contribution in [0.2, 0.25) is 0 Å². The summed E-state index contributed by atoms with van der Waals surface area (Å²) in [6.45, 7) is 0.387. The van der Waals surface area contributed by atoms with Crippen LogP contribution in [0.1, 0.15) is 11.5 Å². The molecular formula is C10H13N5O2. The van der Waals surface area contributed by atoms with Crippen molar-refractivity contribution in [1.29, 1.82) is 0 Å². The van der Waals surface area contributed by atoms with E-state index in [2.05, 4.69) is 25.3 Å². The molecule has 2 rings (SSSR count). The molecular weight excluding hydrogens is 222 g/mol. The maximum atomic E-state index is 11.1. The van der Waals surface area contributed by atoms with Crippen LogP contribution in [-0.2, 0) is 17.8 Å². The van der Waals surface area contributed by atoms with Gasteiger partial charge in [0.1, 0.15) is 11.9 Å². The van der Waals surface area contributed by atoms with Crippen molar-refractivity contribution in [2.45, 2.75) is 19.0 Å². The van der Waals surface area contributed by atoms with E-state index in [9.17, 15) is 4.79 Å². The number of imidazole rings is 2. The molecule has 2 aromatic rings. The van der Waals surface area contributed by atoms with Crippen LogP contribution in [0.5, 0.6) is 0 Å². The first-order valence-corrected chi connectivity index (χ1v) is 5.17. The molecule has 17 heavy (non-hydrogen) atoms. The molecule has 0 aliphatic carbocycles. The molecule has 0 saturated heterocycles. The summed E-state index contributed by atoms with van der Waals surface area (Å²) in [5.74, 6) is -0.188. The van der Waals surface area contributed by atoms with E-state index in [-0.39, 0.29) is 0 Å². The molecule has 2 aromatic heterocycles. The molecule has 0 amide bonds. The maximum absolute atomic E-state index is 11.1. The summed E-state index contributed by atoms with van der Waals surface area (Å²) >= 11 is 0. The zero-order valence-electron chi connectivity index (χ0n) is 9.05. The van der Waals surface area contributed by atoms with Crippen LogP contribution in [-0.4, -0.2) is 37.1 Å². The SMILES string of the molecule is O=C(O)[C@H](Cc1cnc[nH]1)NCc1ncc[nH]1. The summed E-state index contributed by atoms with van der Waals surface area (Å²) in [7, 11) is 0. The van der Waals surface area contributed by atoms with Gasteiger partial charge in [0.2, 0.25) is 0 Å². The molecule has 0 radical (unpaired) electrons. The maximum Gasteiger partial charge on any atom is 0.321 e. The van der Waals surface area contributed by atoms with Crippen LogP contribution in [0.4, 0.5) is 0 Å². The van der Waals surface area contributed by atoms with Crippen molar-refractivity contribution in [3.8, 4) is 0 Å². The first-order chi connectivity index (χ1) is 8.25. The fourth-order valence-corrected chi connectivity index (χ4v) is 1.48. The molecule has 2 heterocycles. The Morgan fingerprint density at radius 1 is 1.53 bits per heavy atom. The minimum absolute atomic E-state index is 0.357. The Hall–Kier alpha value is -2.15.